The molecule has 1 N–H and O–H groups in total. The largest absolute Gasteiger partial charge is 0.349 e. The van der Waals surface area contributed by atoms with Gasteiger partial charge in [0.1, 0.15) is 5.69 Å². The fraction of sp³-hybridized carbons (Fsp3) is 0.533. The van der Waals surface area contributed by atoms with E-state index in [0.717, 1.165) is 25.7 Å². The molecular formula is C15H21N3O2. The number of amides is 2. The smallest absolute Gasteiger partial charge is 0.272 e. The third-order valence-corrected chi connectivity index (χ3v) is 3.35. The third-order valence-electron chi connectivity index (χ3n) is 3.35. The van der Waals surface area contributed by atoms with Crippen LogP contribution in [0.1, 0.15) is 53.5 Å². The van der Waals surface area contributed by atoms with E-state index in [0.29, 0.717) is 23.8 Å². The van der Waals surface area contributed by atoms with Crippen molar-refractivity contribution >= 4 is 11.8 Å². The monoisotopic (exact) mass is 275 g/mol. The third kappa shape index (κ3) is 3.79. The summed E-state index contributed by atoms with van der Waals surface area (Å²) in [5, 5.41) is 2.91. The van der Waals surface area contributed by atoms with E-state index < -0.39 is 0 Å². The Morgan fingerprint density at radius 1 is 1.45 bits per heavy atom. The van der Waals surface area contributed by atoms with Crippen LogP contribution in [0.15, 0.2) is 18.3 Å². The molecule has 1 saturated carbocycles. The van der Waals surface area contributed by atoms with Crippen molar-refractivity contribution in [2.75, 3.05) is 13.6 Å². The minimum atomic E-state index is -0.139. The maximum atomic E-state index is 12.2. The molecule has 1 heterocycles. The van der Waals surface area contributed by atoms with Gasteiger partial charge in [0.25, 0.3) is 11.8 Å². The van der Waals surface area contributed by atoms with Gasteiger partial charge in [-0.15, -0.1) is 0 Å². The summed E-state index contributed by atoms with van der Waals surface area (Å²) < 4.78 is 0. The van der Waals surface area contributed by atoms with Crippen molar-refractivity contribution in [1.82, 2.24) is 15.2 Å². The van der Waals surface area contributed by atoms with E-state index >= 15 is 0 Å². The summed E-state index contributed by atoms with van der Waals surface area (Å²) in [5.74, 6) is -0.264. The van der Waals surface area contributed by atoms with E-state index in [1.807, 2.05) is 0 Å². The molecule has 0 saturated heterocycles. The molecule has 0 aromatic carbocycles. The van der Waals surface area contributed by atoms with Gasteiger partial charge in [-0.25, -0.2) is 0 Å². The highest BCUT2D eigenvalue weighted by molar-refractivity contribution is 5.98. The number of rotatable bonds is 6. The minimum Gasteiger partial charge on any atom is -0.349 e. The van der Waals surface area contributed by atoms with Gasteiger partial charge in [0.15, 0.2) is 0 Å². The predicted molar refractivity (Wildman–Crippen MR) is 76.6 cm³/mol. The van der Waals surface area contributed by atoms with Crippen molar-refractivity contribution < 1.29 is 9.59 Å². The Labute approximate surface area is 119 Å². The molecule has 1 aliphatic carbocycles. The van der Waals surface area contributed by atoms with E-state index in [-0.39, 0.29) is 11.8 Å². The average molecular weight is 275 g/mol. The lowest BCUT2D eigenvalue weighted by Gasteiger charge is -2.16. The summed E-state index contributed by atoms with van der Waals surface area (Å²) in [4.78, 5) is 29.9. The molecule has 5 heteroatoms. The zero-order valence-corrected chi connectivity index (χ0v) is 12.1. The second kappa shape index (κ2) is 6.50. The van der Waals surface area contributed by atoms with Crippen molar-refractivity contribution in [2.24, 2.45) is 0 Å². The number of hydrogen-bond donors (Lipinski definition) is 1. The molecule has 1 aromatic rings. The van der Waals surface area contributed by atoms with Crippen LogP contribution in [-0.2, 0) is 0 Å². The van der Waals surface area contributed by atoms with Crippen LogP contribution >= 0.6 is 0 Å². The molecule has 0 radical (unpaired) electrons. The Morgan fingerprint density at radius 2 is 2.20 bits per heavy atom. The number of unbranched alkanes of at least 4 members (excludes halogenated alkanes) is 1. The molecular weight excluding hydrogens is 254 g/mol. The molecule has 0 atom stereocenters. The Kier molecular flexibility index (Phi) is 4.71. The number of carbonyl (C=O) groups is 2. The van der Waals surface area contributed by atoms with Gasteiger partial charge in [-0.1, -0.05) is 13.3 Å². The van der Waals surface area contributed by atoms with Crippen LogP contribution in [0.25, 0.3) is 0 Å². The second-order valence-electron chi connectivity index (χ2n) is 5.26. The molecule has 108 valence electrons. The molecule has 5 nitrogen and oxygen atoms in total. The van der Waals surface area contributed by atoms with Gasteiger partial charge < -0.3 is 10.2 Å². The standard InChI is InChI=1S/C15H21N3O2/c1-3-4-9-18(2)15(20)13-10-11(7-8-16-13)14(19)17-12-5-6-12/h7-8,10,12H,3-6,9H2,1-2H3,(H,17,19). The van der Waals surface area contributed by atoms with Crippen LogP contribution in [-0.4, -0.2) is 41.3 Å². The summed E-state index contributed by atoms with van der Waals surface area (Å²) in [6, 6.07) is 3.52. The molecule has 1 aromatic heterocycles. The van der Waals surface area contributed by atoms with E-state index in [1.54, 1.807) is 24.1 Å². The van der Waals surface area contributed by atoms with Gasteiger partial charge >= 0.3 is 0 Å². The van der Waals surface area contributed by atoms with E-state index in [9.17, 15) is 9.59 Å². The lowest BCUT2D eigenvalue weighted by Crippen LogP contribution is -2.29. The predicted octanol–water partition coefficient (Wildman–Crippen LogP) is 1.85. The highest BCUT2D eigenvalue weighted by Crippen LogP contribution is 2.19. The summed E-state index contributed by atoms with van der Waals surface area (Å²) in [6.07, 6.45) is 5.60. The highest BCUT2D eigenvalue weighted by atomic mass is 16.2. The first kappa shape index (κ1) is 14.5. The second-order valence-corrected chi connectivity index (χ2v) is 5.26. The average Bonchev–Trinajstić information content (AvgIpc) is 3.28. The number of aromatic nitrogens is 1. The molecule has 1 aliphatic rings. The maximum absolute atomic E-state index is 12.2. The number of nitrogens with zero attached hydrogens (tertiary/aromatic N) is 2. The van der Waals surface area contributed by atoms with E-state index in [2.05, 4.69) is 17.2 Å². The van der Waals surface area contributed by atoms with Crippen molar-refractivity contribution in [1.29, 1.82) is 0 Å². The van der Waals surface area contributed by atoms with Gasteiger partial charge in [0.2, 0.25) is 0 Å². The fourth-order valence-corrected chi connectivity index (χ4v) is 1.88. The minimum absolute atomic E-state index is 0.125. The topological polar surface area (TPSA) is 62.3 Å². The molecule has 0 unspecified atom stereocenters. The summed E-state index contributed by atoms with van der Waals surface area (Å²) >= 11 is 0. The van der Waals surface area contributed by atoms with Gasteiger partial charge in [0.05, 0.1) is 0 Å². The number of nitrogens with one attached hydrogen (secondary N) is 1. The first-order valence-electron chi connectivity index (χ1n) is 7.14. The van der Waals surface area contributed by atoms with E-state index in [4.69, 9.17) is 0 Å². The van der Waals surface area contributed by atoms with E-state index in [1.165, 1.54) is 6.20 Å². The summed E-state index contributed by atoms with van der Waals surface area (Å²) in [7, 11) is 1.76. The van der Waals surface area contributed by atoms with Crippen LogP contribution in [0.2, 0.25) is 0 Å². The Hall–Kier alpha value is -1.91. The maximum Gasteiger partial charge on any atom is 0.272 e. The molecule has 0 bridgehead atoms. The molecule has 2 amide bonds. The Morgan fingerprint density at radius 3 is 2.85 bits per heavy atom. The molecule has 2 rings (SSSR count). The van der Waals surface area contributed by atoms with Gasteiger partial charge in [-0.3, -0.25) is 14.6 Å². The van der Waals surface area contributed by atoms with Crippen molar-refractivity contribution in [2.45, 2.75) is 38.6 Å². The zero-order chi connectivity index (χ0) is 14.5. The first-order valence-corrected chi connectivity index (χ1v) is 7.14. The molecule has 20 heavy (non-hydrogen) atoms. The highest BCUT2D eigenvalue weighted by Gasteiger charge is 2.24. The van der Waals surface area contributed by atoms with Gasteiger partial charge in [0, 0.05) is 31.4 Å². The molecule has 0 aliphatic heterocycles. The summed E-state index contributed by atoms with van der Waals surface area (Å²) in [5.41, 5.74) is 0.825. The quantitative estimate of drug-likeness (QED) is 0.861. The van der Waals surface area contributed by atoms with Crippen LogP contribution in [0.4, 0.5) is 0 Å². The van der Waals surface area contributed by atoms with Crippen molar-refractivity contribution in [3.63, 3.8) is 0 Å². The first-order chi connectivity index (χ1) is 9.61. The van der Waals surface area contributed by atoms with Gasteiger partial charge in [-0.05, 0) is 31.4 Å². The van der Waals surface area contributed by atoms with Gasteiger partial charge in [-0.2, -0.15) is 0 Å². The van der Waals surface area contributed by atoms with Crippen molar-refractivity contribution in [3.8, 4) is 0 Å². The number of pyridine rings is 1. The van der Waals surface area contributed by atoms with Crippen LogP contribution in [0.5, 0.6) is 0 Å². The SMILES string of the molecule is CCCCN(C)C(=O)c1cc(C(=O)NC2CC2)ccn1. The summed E-state index contributed by atoms with van der Waals surface area (Å²) in [6.45, 7) is 2.79. The molecule has 1 fully saturated rings. The zero-order valence-electron chi connectivity index (χ0n) is 12.1. The fourth-order valence-electron chi connectivity index (χ4n) is 1.88. The number of hydrogen-bond acceptors (Lipinski definition) is 3. The van der Waals surface area contributed by atoms with Crippen LogP contribution < -0.4 is 5.32 Å². The Bertz CT molecular complexity index is 498. The van der Waals surface area contributed by atoms with Crippen LogP contribution in [0.3, 0.4) is 0 Å². The Balaban J connectivity index is 2.04. The van der Waals surface area contributed by atoms with Crippen LogP contribution in [0, 0.1) is 0 Å². The number of carbonyl (C=O) groups excluding carboxylic acids is 2. The lowest BCUT2D eigenvalue weighted by molar-refractivity contribution is 0.0787. The molecule has 0 spiro atoms. The lowest BCUT2D eigenvalue weighted by atomic mass is 10.2. The van der Waals surface area contributed by atoms with Crippen molar-refractivity contribution in [3.05, 3.63) is 29.6 Å². The normalized spacial score (nSPS) is 13.9.